The SMILES string of the molecule is COc1ccc(NS(=O)(=O)c2ccc(NC(=O)c3cccc(NS(C)(=O)=O)c3)cc2)c(OC)c1. The molecule has 3 aromatic carbocycles. The van der Waals surface area contributed by atoms with Gasteiger partial charge in [-0.05, 0) is 54.6 Å². The van der Waals surface area contributed by atoms with E-state index >= 15 is 0 Å². The number of ether oxygens (including phenoxy) is 2. The molecule has 3 rings (SSSR count). The lowest BCUT2D eigenvalue weighted by Gasteiger charge is -2.13. The van der Waals surface area contributed by atoms with Crippen LogP contribution in [0.4, 0.5) is 17.1 Å². The van der Waals surface area contributed by atoms with Gasteiger partial charge < -0.3 is 14.8 Å². The molecule has 10 nitrogen and oxygen atoms in total. The van der Waals surface area contributed by atoms with E-state index in [2.05, 4.69) is 14.8 Å². The van der Waals surface area contributed by atoms with Crippen molar-refractivity contribution in [3.63, 3.8) is 0 Å². The van der Waals surface area contributed by atoms with Gasteiger partial charge in [-0.15, -0.1) is 0 Å². The molecule has 0 aliphatic carbocycles. The molecule has 12 heteroatoms. The van der Waals surface area contributed by atoms with Crippen LogP contribution in [0.1, 0.15) is 10.4 Å². The van der Waals surface area contributed by atoms with Crippen LogP contribution in [0.5, 0.6) is 11.5 Å². The molecule has 180 valence electrons. The highest BCUT2D eigenvalue weighted by atomic mass is 32.2. The Balaban J connectivity index is 1.74. The smallest absolute Gasteiger partial charge is 0.262 e. The second-order valence-electron chi connectivity index (χ2n) is 7.11. The van der Waals surface area contributed by atoms with Gasteiger partial charge in [0.15, 0.2) is 0 Å². The number of carbonyl (C=O) groups excluding carboxylic acids is 1. The van der Waals surface area contributed by atoms with Crippen molar-refractivity contribution in [2.24, 2.45) is 0 Å². The fraction of sp³-hybridized carbons (Fsp3) is 0.136. The Morgan fingerprint density at radius 2 is 1.50 bits per heavy atom. The summed E-state index contributed by atoms with van der Waals surface area (Å²) < 4.78 is 63.4. The average Bonchev–Trinajstić information content (AvgIpc) is 2.78. The van der Waals surface area contributed by atoms with Crippen LogP contribution in [-0.2, 0) is 20.0 Å². The lowest BCUT2D eigenvalue weighted by Crippen LogP contribution is -2.15. The molecule has 0 unspecified atom stereocenters. The highest BCUT2D eigenvalue weighted by Crippen LogP contribution is 2.31. The molecule has 3 aromatic rings. The second-order valence-corrected chi connectivity index (χ2v) is 10.5. The molecule has 0 spiro atoms. The quantitative estimate of drug-likeness (QED) is 0.406. The van der Waals surface area contributed by atoms with Crippen molar-refractivity contribution in [2.45, 2.75) is 4.90 Å². The summed E-state index contributed by atoms with van der Waals surface area (Å²) in [7, 11) is -4.52. The highest BCUT2D eigenvalue weighted by molar-refractivity contribution is 7.92. The normalized spacial score (nSPS) is 11.4. The summed E-state index contributed by atoms with van der Waals surface area (Å²) >= 11 is 0. The predicted molar refractivity (Wildman–Crippen MR) is 130 cm³/mol. The number of carbonyl (C=O) groups is 1. The molecule has 0 aromatic heterocycles. The third kappa shape index (κ3) is 6.39. The van der Waals surface area contributed by atoms with Crippen LogP contribution in [0.25, 0.3) is 0 Å². The first-order valence-corrected chi connectivity index (χ1v) is 13.1. The number of anilines is 3. The Kier molecular flexibility index (Phi) is 7.32. The van der Waals surface area contributed by atoms with Gasteiger partial charge in [0.2, 0.25) is 10.0 Å². The third-order valence-electron chi connectivity index (χ3n) is 4.50. The molecule has 0 heterocycles. The van der Waals surface area contributed by atoms with E-state index in [1.54, 1.807) is 12.1 Å². The Morgan fingerprint density at radius 1 is 0.794 bits per heavy atom. The van der Waals surface area contributed by atoms with Gasteiger partial charge in [0.25, 0.3) is 15.9 Å². The summed E-state index contributed by atoms with van der Waals surface area (Å²) in [5.41, 5.74) is 1.06. The maximum atomic E-state index is 12.8. The van der Waals surface area contributed by atoms with Crippen LogP contribution < -0.4 is 24.2 Å². The molecule has 0 radical (unpaired) electrons. The van der Waals surface area contributed by atoms with Crippen LogP contribution in [0.3, 0.4) is 0 Å². The summed E-state index contributed by atoms with van der Waals surface area (Å²) in [5, 5.41) is 2.64. The first-order chi connectivity index (χ1) is 16.0. The standard InChI is InChI=1S/C22H23N3O7S2/c1-31-18-9-12-20(21(14-18)32-2)25-34(29,30)19-10-7-16(8-11-19)23-22(26)15-5-4-6-17(13-15)24-33(3,27)28/h4-14,24-25H,1-3H3,(H,23,26). The summed E-state index contributed by atoms with van der Waals surface area (Å²) in [6.45, 7) is 0. The van der Waals surface area contributed by atoms with Crippen molar-refractivity contribution in [3.8, 4) is 11.5 Å². The van der Waals surface area contributed by atoms with Gasteiger partial charge in [0.1, 0.15) is 11.5 Å². The van der Waals surface area contributed by atoms with Crippen molar-refractivity contribution < 1.29 is 31.1 Å². The molecule has 3 N–H and O–H groups in total. The maximum absolute atomic E-state index is 12.8. The number of methoxy groups -OCH3 is 2. The molecule has 0 aliphatic rings. The second kappa shape index (κ2) is 10.0. The maximum Gasteiger partial charge on any atom is 0.262 e. The highest BCUT2D eigenvalue weighted by Gasteiger charge is 2.17. The molecule has 0 saturated heterocycles. The summed E-state index contributed by atoms with van der Waals surface area (Å²) in [6.07, 6.45) is 1.01. The monoisotopic (exact) mass is 505 g/mol. The number of rotatable bonds is 9. The van der Waals surface area contributed by atoms with Crippen LogP contribution in [0.2, 0.25) is 0 Å². The molecule has 0 bridgehead atoms. The van der Waals surface area contributed by atoms with E-state index in [0.29, 0.717) is 17.2 Å². The minimum atomic E-state index is -3.93. The van der Waals surface area contributed by atoms with Gasteiger partial charge in [-0.3, -0.25) is 14.2 Å². The van der Waals surface area contributed by atoms with Gasteiger partial charge >= 0.3 is 0 Å². The van der Waals surface area contributed by atoms with Crippen molar-refractivity contribution in [2.75, 3.05) is 35.2 Å². The van der Waals surface area contributed by atoms with Crippen molar-refractivity contribution >= 4 is 43.0 Å². The van der Waals surface area contributed by atoms with E-state index in [0.717, 1.165) is 6.26 Å². The molecule has 1 amide bonds. The van der Waals surface area contributed by atoms with Crippen LogP contribution in [-0.4, -0.2) is 43.2 Å². The Bertz CT molecular complexity index is 1400. The number of sulfonamides is 2. The lowest BCUT2D eigenvalue weighted by atomic mass is 10.2. The van der Waals surface area contributed by atoms with Gasteiger partial charge in [0, 0.05) is 23.0 Å². The molecule has 34 heavy (non-hydrogen) atoms. The molecular formula is C22H23N3O7S2. The van der Waals surface area contributed by atoms with Crippen molar-refractivity contribution in [3.05, 3.63) is 72.3 Å². The third-order valence-corrected chi connectivity index (χ3v) is 6.49. The zero-order valence-corrected chi connectivity index (χ0v) is 20.2. The number of nitrogens with one attached hydrogen (secondary N) is 3. The minimum Gasteiger partial charge on any atom is -0.497 e. The molecule has 0 atom stereocenters. The summed E-state index contributed by atoms with van der Waals surface area (Å²) in [6, 6.07) is 16.2. The van der Waals surface area contributed by atoms with E-state index in [1.807, 2.05) is 0 Å². The summed E-state index contributed by atoms with van der Waals surface area (Å²) in [5.74, 6) is 0.311. The minimum absolute atomic E-state index is 0.0253. The van der Waals surface area contributed by atoms with E-state index in [4.69, 9.17) is 9.47 Å². The van der Waals surface area contributed by atoms with Crippen molar-refractivity contribution in [1.29, 1.82) is 0 Å². The van der Waals surface area contributed by atoms with Crippen LogP contribution in [0, 0.1) is 0 Å². The van der Waals surface area contributed by atoms with Crippen LogP contribution >= 0.6 is 0 Å². The average molecular weight is 506 g/mol. The molecule has 0 fully saturated rings. The molecular weight excluding hydrogens is 482 g/mol. The Hall–Kier alpha value is -3.77. The van der Waals surface area contributed by atoms with E-state index < -0.39 is 26.0 Å². The topological polar surface area (TPSA) is 140 Å². The van der Waals surface area contributed by atoms with E-state index in [-0.39, 0.29) is 21.8 Å². The summed E-state index contributed by atoms with van der Waals surface area (Å²) in [4.78, 5) is 12.5. The Morgan fingerprint density at radius 3 is 2.12 bits per heavy atom. The molecule has 0 saturated carbocycles. The zero-order valence-electron chi connectivity index (χ0n) is 18.5. The predicted octanol–water partition coefficient (Wildman–Crippen LogP) is 3.13. The number of hydrogen-bond acceptors (Lipinski definition) is 7. The zero-order chi connectivity index (χ0) is 24.9. The number of hydrogen-bond donors (Lipinski definition) is 3. The van der Waals surface area contributed by atoms with Gasteiger partial charge in [-0.2, -0.15) is 0 Å². The first-order valence-electron chi connectivity index (χ1n) is 9.75. The fourth-order valence-electron chi connectivity index (χ4n) is 2.95. The lowest BCUT2D eigenvalue weighted by molar-refractivity contribution is 0.102. The fourth-order valence-corrected chi connectivity index (χ4v) is 4.57. The Labute approximate surface area is 198 Å². The van der Waals surface area contributed by atoms with Gasteiger partial charge in [-0.25, -0.2) is 16.8 Å². The van der Waals surface area contributed by atoms with E-state index in [9.17, 15) is 21.6 Å². The van der Waals surface area contributed by atoms with Gasteiger partial charge in [0.05, 0.1) is 31.1 Å². The number of amides is 1. The van der Waals surface area contributed by atoms with Crippen LogP contribution in [0.15, 0.2) is 71.6 Å². The van der Waals surface area contributed by atoms with Gasteiger partial charge in [-0.1, -0.05) is 6.07 Å². The van der Waals surface area contributed by atoms with E-state index in [1.165, 1.54) is 68.8 Å². The first kappa shape index (κ1) is 24.9. The largest absolute Gasteiger partial charge is 0.497 e. The molecule has 0 aliphatic heterocycles. The number of benzene rings is 3. The van der Waals surface area contributed by atoms with Crippen molar-refractivity contribution in [1.82, 2.24) is 0 Å².